The number of pyridine rings is 1. The molecule has 336 valence electrons. The minimum absolute atomic E-state index is 0.0373. The normalized spacial score (nSPS) is 22.8. The molecule has 0 saturated heterocycles. The van der Waals surface area contributed by atoms with Gasteiger partial charge in [0.15, 0.2) is 0 Å². The Morgan fingerprint density at radius 2 is 1.77 bits per heavy atom. The second-order valence-electron chi connectivity index (χ2n) is 16.7. The van der Waals surface area contributed by atoms with Crippen LogP contribution < -0.4 is 9.47 Å². The number of aliphatic hydroxyl groups is 2. The topological polar surface area (TPSA) is 166 Å². The number of aryl methyl sites for hydroxylation is 1. The highest BCUT2D eigenvalue weighted by Gasteiger charge is 2.65. The number of aromatic nitrogens is 1. The standard InChI is InChI=1S/C51H58N4O9/c1-4-29-62-51-47(54(3)48(58)26-21-36-19-22-40(23-20-36)55(59)60)32-45(53-63-33-37-14-6-5-7-15-37)43-30-38(16-8-10-27-56)42(18-9-11-28-57)49(50(43)51)44-31-41(24-25-46(44)64-51)61-34-39-17-12-13-35(2)52-39/h4-7,12-15,17,19-26,30-31,38,42,47,49-50,56-57H,1,8-11,16,18,27-29,32-34H2,2-3H3/t38-,42+,47-,49+,50+,51+/m0/s1. The fraction of sp³-hybridized carbons (Fsp3) is 0.392. The van der Waals surface area contributed by atoms with Gasteiger partial charge in [0.25, 0.3) is 5.69 Å². The van der Waals surface area contributed by atoms with Crippen LogP contribution in [0.1, 0.15) is 78.9 Å². The summed E-state index contributed by atoms with van der Waals surface area (Å²) in [6.45, 7) is 6.76. The van der Waals surface area contributed by atoms with Gasteiger partial charge in [-0.2, -0.15) is 0 Å². The zero-order valence-corrected chi connectivity index (χ0v) is 36.6. The number of nitro groups is 1. The summed E-state index contributed by atoms with van der Waals surface area (Å²) < 4.78 is 20.7. The van der Waals surface area contributed by atoms with Gasteiger partial charge in [0.05, 0.1) is 28.9 Å². The molecule has 7 rings (SSSR count). The smallest absolute Gasteiger partial charge is 0.269 e. The van der Waals surface area contributed by atoms with E-state index in [1.807, 2.05) is 67.6 Å². The van der Waals surface area contributed by atoms with Crippen LogP contribution in [-0.4, -0.2) is 75.3 Å². The number of carbonyl (C=O) groups is 1. The van der Waals surface area contributed by atoms with Crippen molar-refractivity contribution < 1.29 is 39.0 Å². The minimum atomic E-state index is -1.43. The summed E-state index contributed by atoms with van der Waals surface area (Å²) in [5, 5.41) is 36.1. The highest BCUT2D eigenvalue weighted by atomic mass is 16.7. The maximum absolute atomic E-state index is 14.4. The maximum atomic E-state index is 14.4. The zero-order chi connectivity index (χ0) is 45.1. The van der Waals surface area contributed by atoms with Gasteiger partial charge in [0.2, 0.25) is 11.7 Å². The number of unbranched alkanes of at least 4 members (excludes halogenated alkanes) is 2. The van der Waals surface area contributed by atoms with E-state index in [2.05, 4.69) is 23.7 Å². The lowest BCUT2D eigenvalue weighted by molar-refractivity contribution is -0.384. The summed E-state index contributed by atoms with van der Waals surface area (Å²) in [5.74, 6) is -1.12. The van der Waals surface area contributed by atoms with Crippen molar-refractivity contribution in [3.8, 4) is 11.5 Å². The number of hydrogen-bond donors (Lipinski definition) is 2. The summed E-state index contributed by atoms with van der Waals surface area (Å²) in [7, 11) is 1.73. The number of hydrogen-bond acceptors (Lipinski definition) is 11. The number of carbonyl (C=O) groups excluding carboxylic acids is 1. The number of non-ortho nitro benzene ring substituents is 1. The largest absolute Gasteiger partial charge is 0.487 e. The molecule has 0 spiro atoms. The molecule has 1 amide bonds. The van der Waals surface area contributed by atoms with E-state index in [9.17, 15) is 25.1 Å². The molecule has 1 aromatic heterocycles. The number of rotatable bonds is 21. The number of ether oxygens (including phenoxy) is 3. The van der Waals surface area contributed by atoms with Gasteiger partial charge in [-0.25, -0.2) is 0 Å². The molecule has 2 aliphatic carbocycles. The van der Waals surface area contributed by atoms with Gasteiger partial charge in [-0.3, -0.25) is 19.9 Å². The van der Waals surface area contributed by atoms with Crippen molar-refractivity contribution in [3.63, 3.8) is 0 Å². The third-order valence-electron chi connectivity index (χ3n) is 12.6. The maximum Gasteiger partial charge on any atom is 0.269 e. The Labute approximate surface area is 374 Å². The van der Waals surface area contributed by atoms with Crippen LogP contribution in [0.3, 0.4) is 0 Å². The Kier molecular flexibility index (Phi) is 15.4. The van der Waals surface area contributed by atoms with Crippen LogP contribution in [0.25, 0.3) is 6.08 Å². The zero-order valence-electron chi connectivity index (χ0n) is 36.6. The summed E-state index contributed by atoms with van der Waals surface area (Å²) in [6.07, 6.45) is 11.8. The molecule has 0 bridgehead atoms. The number of nitro benzene ring substituents is 1. The Hall–Kier alpha value is -6.15. The van der Waals surface area contributed by atoms with E-state index in [1.165, 1.54) is 18.2 Å². The number of likely N-dealkylation sites (N-methyl/N-ethyl adjacent to an activating group) is 1. The first-order valence-electron chi connectivity index (χ1n) is 22.1. The van der Waals surface area contributed by atoms with Crippen molar-refractivity contribution in [2.75, 3.05) is 26.9 Å². The Balaban J connectivity index is 1.37. The average Bonchev–Trinajstić information content (AvgIpc) is 3.31. The van der Waals surface area contributed by atoms with Gasteiger partial charge in [0, 0.05) is 62.1 Å². The number of allylic oxidation sites excluding steroid dienone is 1. The molecule has 13 nitrogen and oxygen atoms in total. The number of aliphatic hydroxyl groups excluding tert-OH is 2. The van der Waals surface area contributed by atoms with Gasteiger partial charge in [-0.15, -0.1) is 6.58 Å². The van der Waals surface area contributed by atoms with Crippen LogP contribution in [0, 0.1) is 34.8 Å². The van der Waals surface area contributed by atoms with Gasteiger partial charge in [0.1, 0.15) is 30.8 Å². The van der Waals surface area contributed by atoms with E-state index in [4.69, 9.17) is 24.2 Å². The summed E-state index contributed by atoms with van der Waals surface area (Å²) >= 11 is 0. The van der Waals surface area contributed by atoms with Crippen molar-refractivity contribution in [2.45, 2.75) is 82.8 Å². The van der Waals surface area contributed by atoms with Crippen LogP contribution in [0.15, 0.2) is 127 Å². The van der Waals surface area contributed by atoms with E-state index in [0.29, 0.717) is 35.6 Å². The molecule has 1 aliphatic heterocycles. The van der Waals surface area contributed by atoms with Crippen molar-refractivity contribution in [2.24, 2.45) is 22.9 Å². The quantitative estimate of drug-likeness (QED) is 0.0272. The highest BCUT2D eigenvalue weighted by molar-refractivity contribution is 6.03. The fourth-order valence-electron chi connectivity index (χ4n) is 9.56. The van der Waals surface area contributed by atoms with E-state index in [-0.39, 0.29) is 68.8 Å². The molecule has 3 aromatic carbocycles. The predicted molar refractivity (Wildman–Crippen MR) is 244 cm³/mol. The van der Waals surface area contributed by atoms with E-state index in [1.54, 1.807) is 36.2 Å². The molecule has 4 aromatic rings. The molecule has 1 saturated carbocycles. The first-order valence-corrected chi connectivity index (χ1v) is 22.1. The molecular weight excluding hydrogens is 813 g/mol. The lowest BCUT2D eigenvalue weighted by Gasteiger charge is -2.59. The van der Waals surface area contributed by atoms with E-state index >= 15 is 0 Å². The molecule has 0 unspecified atom stereocenters. The van der Waals surface area contributed by atoms with Crippen molar-refractivity contribution in [1.29, 1.82) is 0 Å². The molecule has 3 aliphatic rings. The second kappa shape index (κ2) is 21.5. The molecule has 64 heavy (non-hydrogen) atoms. The number of nitrogens with zero attached hydrogens (tertiary/aromatic N) is 4. The molecule has 2 N–H and O–H groups in total. The summed E-state index contributed by atoms with van der Waals surface area (Å²) in [5.41, 5.74) is 5.79. The summed E-state index contributed by atoms with van der Waals surface area (Å²) in [6, 6.07) is 26.8. The monoisotopic (exact) mass is 870 g/mol. The first kappa shape index (κ1) is 45.9. The van der Waals surface area contributed by atoms with E-state index < -0.39 is 22.7 Å². The van der Waals surface area contributed by atoms with Crippen LogP contribution in [0.2, 0.25) is 0 Å². The van der Waals surface area contributed by atoms with Crippen molar-refractivity contribution in [1.82, 2.24) is 9.88 Å². The molecule has 13 heteroatoms. The van der Waals surface area contributed by atoms with Gasteiger partial charge >= 0.3 is 0 Å². The minimum Gasteiger partial charge on any atom is -0.487 e. The Bertz CT molecular complexity index is 2330. The van der Waals surface area contributed by atoms with Crippen LogP contribution in [-0.2, 0) is 27.6 Å². The van der Waals surface area contributed by atoms with E-state index in [0.717, 1.165) is 53.8 Å². The Morgan fingerprint density at radius 1 is 1.00 bits per heavy atom. The SMILES string of the molecule is C=CCO[C@@]12Oc3ccc(OCc4cccc(C)n4)cc3[C@H]3[C@H](CCCCO)[C@@H](CCCCO)C=C(C(=NOCc4ccccc4)C[C@@H]1N(C)C(=O)C=Cc1ccc([N+](=O)[O-])cc1)[C@H]32. The average molecular weight is 871 g/mol. The number of oxime groups is 1. The third kappa shape index (κ3) is 10.4. The van der Waals surface area contributed by atoms with Crippen LogP contribution >= 0.6 is 0 Å². The first-order chi connectivity index (χ1) is 31.1. The van der Waals surface area contributed by atoms with Crippen molar-refractivity contribution in [3.05, 3.63) is 160 Å². The second-order valence-corrected chi connectivity index (χ2v) is 16.7. The highest BCUT2D eigenvalue weighted by Crippen LogP contribution is 2.62. The van der Waals surface area contributed by atoms with Crippen molar-refractivity contribution >= 4 is 23.4 Å². The molecule has 6 atom stereocenters. The van der Waals surface area contributed by atoms with Gasteiger partial charge in [-0.1, -0.05) is 66.5 Å². The van der Waals surface area contributed by atoms with Gasteiger partial charge in [-0.05, 0) is 110 Å². The van der Waals surface area contributed by atoms with Gasteiger partial charge < -0.3 is 34.2 Å². The lowest BCUT2D eigenvalue weighted by atomic mass is 9.55. The lowest BCUT2D eigenvalue weighted by Crippen LogP contribution is -2.69. The fourth-order valence-corrected chi connectivity index (χ4v) is 9.56. The number of benzene rings is 3. The molecular formula is C51H58N4O9. The molecule has 2 heterocycles. The van der Waals surface area contributed by atoms with Crippen LogP contribution in [0.4, 0.5) is 5.69 Å². The number of fused-ring (bicyclic) bond motifs is 2. The molecule has 0 radical (unpaired) electrons. The third-order valence-corrected chi connectivity index (χ3v) is 12.6. The summed E-state index contributed by atoms with van der Waals surface area (Å²) in [4.78, 5) is 37.7. The Morgan fingerprint density at radius 3 is 2.48 bits per heavy atom. The predicted octanol–water partition coefficient (Wildman–Crippen LogP) is 8.88. The van der Waals surface area contributed by atoms with Crippen LogP contribution in [0.5, 0.6) is 11.5 Å². The molecule has 1 fully saturated rings. The number of amides is 1.